The number of methoxy groups -OCH3 is 1. The number of benzene rings is 1. The van der Waals surface area contributed by atoms with E-state index in [1.165, 1.54) is 21.5 Å². The first-order valence-corrected chi connectivity index (χ1v) is 19.7. The lowest BCUT2D eigenvalue weighted by molar-refractivity contribution is -0.120. The van der Waals surface area contributed by atoms with Crippen LogP contribution in [-0.2, 0) is 9.53 Å². The van der Waals surface area contributed by atoms with Gasteiger partial charge in [0.25, 0.3) is 17.4 Å². The predicted molar refractivity (Wildman–Crippen MR) is 219 cm³/mol. The molecule has 4 aliphatic rings. The fourth-order valence-corrected chi connectivity index (χ4v) is 8.39. The summed E-state index contributed by atoms with van der Waals surface area (Å²) in [5.74, 6) is 0.575. The molecule has 3 saturated heterocycles. The topological polar surface area (TPSA) is 200 Å². The smallest absolute Gasteiger partial charge is 0.328 e. The van der Waals surface area contributed by atoms with Gasteiger partial charge in [-0.2, -0.15) is 9.61 Å². The SMILES string of the molecule is CNc1cc(Nc2cccn(-c3ccc(C(=O)N4CC5(CCN(c6ccc(N7CCC(=O)NC7=O)cc6)CC5)C4)cn3)c2=O)nc2c(C(=O)N[C@@H]3CC[C@H]3OC)cnn12. The number of carbonyl (C=O) groups is 4. The standard InChI is InChI=1S/C41H44N12O6/c1-42-34-20-32(47-36-28(22-44-53(34)36)37(55)46-29-10-11-31(29)59-2)45-30-4-3-16-52(39(30)57)33-12-5-25(21-43-33)38(56)50-23-41(24-50)14-18-49(19-15-41)26-6-8-27(9-7-26)51-17-13-35(54)48-40(51)58/h3-9,12,16,20-22,29,31,42H,10-11,13-15,17-19,23-24H2,1-2H3,(H,45,47)(H,46,55)(H,48,54,58)/t29-,31-/m1/s1. The molecule has 0 bridgehead atoms. The van der Waals surface area contributed by atoms with Crippen molar-refractivity contribution in [2.75, 3.05) is 67.3 Å². The summed E-state index contributed by atoms with van der Waals surface area (Å²) >= 11 is 0. The number of likely N-dealkylation sites (tertiary alicyclic amines) is 1. The Morgan fingerprint density at radius 1 is 0.949 bits per heavy atom. The maximum Gasteiger partial charge on any atom is 0.328 e. The van der Waals surface area contributed by atoms with Crippen LogP contribution in [0.25, 0.3) is 11.5 Å². The minimum absolute atomic E-state index is 0.0262. The summed E-state index contributed by atoms with van der Waals surface area (Å²) < 4.78 is 8.35. The van der Waals surface area contributed by atoms with Crippen LogP contribution >= 0.6 is 0 Å². The zero-order valence-corrected chi connectivity index (χ0v) is 32.7. The quantitative estimate of drug-likeness (QED) is 0.161. The predicted octanol–water partition coefficient (Wildman–Crippen LogP) is 3.16. The molecule has 4 fully saturated rings. The van der Waals surface area contributed by atoms with Crippen molar-refractivity contribution in [3.8, 4) is 5.82 Å². The maximum atomic E-state index is 13.7. The summed E-state index contributed by atoms with van der Waals surface area (Å²) in [4.78, 5) is 79.1. The summed E-state index contributed by atoms with van der Waals surface area (Å²) in [6.07, 6.45) is 8.45. The highest BCUT2D eigenvalue weighted by molar-refractivity contribution is 6.05. The molecule has 59 heavy (non-hydrogen) atoms. The van der Waals surface area contributed by atoms with Crippen molar-refractivity contribution in [3.05, 3.63) is 94.7 Å². The third kappa shape index (κ3) is 7.09. The van der Waals surface area contributed by atoms with Crippen LogP contribution < -0.4 is 36.6 Å². The van der Waals surface area contributed by atoms with E-state index in [2.05, 4.69) is 41.2 Å². The highest BCUT2D eigenvalue weighted by Crippen LogP contribution is 2.42. The molecule has 1 aliphatic carbocycles. The number of carbonyl (C=O) groups excluding carboxylic acids is 4. The zero-order valence-electron chi connectivity index (χ0n) is 32.7. The Labute approximate surface area is 338 Å². The van der Waals surface area contributed by atoms with E-state index in [1.807, 2.05) is 29.2 Å². The highest BCUT2D eigenvalue weighted by atomic mass is 16.5. The van der Waals surface area contributed by atoms with E-state index in [0.717, 1.165) is 50.1 Å². The molecule has 304 valence electrons. The lowest BCUT2D eigenvalue weighted by atomic mass is 9.71. The van der Waals surface area contributed by atoms with E-state index >= 15 is 0 Å². The molecule has 3 aliphatic heterocycles. The molecule has 9 rings (SSSR count). The van der Waals surface area contributed by atoms with E-state index < -0.39 is 6.03 Å². The molecule has 1 spiro atoms. The van der Waals surface area contributed by atoms with Gasteiger partial charge >= 0.3 is 6.03 Å². The minimum Gasteiger partial charge on any atom is -0.379 e. The van der Waals surface area contributed by atoms with Crippen molar-refractivity contribution in [2.24, 2.45) is 5.41 Å². The Kier molecular flexibility index (Phi) is 9.70. The first-order chi connectivity index (χ1) is 28.6. The number of aromatic nitrogens is 5. The van der Waals surface area contributed by atoms with Gasteiger partial charge in [0.1, 0.15) is 28.7 Å². The normalized spacial score (nSPS) is 19.9. The molecule has 1 saturated carbocycles. The second-order valence-corrected chi connectivity index (χ2v) is 15.5. The number of nitrogens with one attached hydrogen (secondary N) is 4. The molecule has 1 aromatic carbocycles. The van der Waals surface area contributed by atoms with Crippen LogP contribution in [0.2, 0.25) is 0 Å². The number of pyridine rings is 2. The van der Waals surface area contributed by atoms with Gasteiger partial charge in [0.15, 0.2) is 5.65 Å². The van der Waals surface area contributed by atoms with Crippen molar-refractivity contribution in [2.45, 2.75) is 44.2 Å². The van der Waals surface area contributed by atoms with Gasteiger partial charge in [-0.1, -0.05) is 0 Å². The van der Waals surface area contributed by atoms with Crippen LogP contribution in [0.5, 0.6) is 0 Å². The molecule has 0 unspecified atom stereocenters. The number of fused-ring (bicyclic) bond motifs is 1. The summed E-state index contributed by atoms with van der Waals surface area (Å²) in [6, 6.07) is 15.8. The van der Waals surface area contributed by atoms with Crippen LogP contribution in [-0.4, -0.2) is 112 Å². The van der Waals surface area contributed by atoms with E-state index in [0.29, 0.717) is 53.9 Å². The number of piperidine rings is 1. The van der Waals surface area contributed by atoms with Crippen molar-refractivity contribution in [1.82, 2.24) is 39.7 Å². The zero-order chi connectivity index (χ0) is 40.8. The number of nitrogens with zero attached hydrogens (tertiary/aromatic N) is 8. The van der Waals surface area contributed by atoms with Crippen molar-refractivity contribution < 1.29 is 23.9 Å². The monoisotopic (exact) mass is 800 g/mol. The van der Waals surface area contributed by atoms with E-state index in [4.69, 9.17) is 4.74 Å². The van der Waals surface area contributed by atoms with Crippen molar-refractivity contribution in [1.29, 1.82) is 0 Å². The van der Waals surface area contributed by atoms with Crippen molar-refractivity contribution >= 4 is 58.1 Å². The molecule has 18 heteroatoms. The van der Waals surface area contributed by atoms with Gasteiger partial charge in [-0.25, -0.2) is 14.8 Å². The third-order valence-corrected chi connectivity index (χ3v) is 12.0. The summed E-state index contributed by atoms with van der Waals surface area (Å²) in [6.45, 7) is 3.43. The van der Waals surface area contributed by atoms with Crippen molar-refractivity contribution in [3.63, 3.8) is 0 Å². The van der Waals surface area contributed by atoms with Gasteiger partial charge in [0.05, 0.1) is 23.9 Å². The summed E-state index contributed by atoms with van der Waals surface area (Å²) in [5.41, 5.74) is 2.81. The number of ether oxygens (including phenoxy) is 1. The summed E-state index contributed by atoms with van der Waals surface area (Å²) in [7, 11) is 3.36. The number of hydrogen-bond acceptors (Lipinski definition) is 12. The van der Waals surface area contributed by atoms with E-state index in [-0.39, 0.29) is 52.9 Å². The lowest BCUT2D eigenvalue weighted by Gasteiger charge is -2.54. The molecular formula is C41H44N12O6. The molecular weight excluding hydrogens is 757 g/mol. The Morgan fingerprint density at radius 2 is 1.73 bits per heavy atom. The molecule has 4 aromatic heterocycles. The second-order valence-electron chi connectivity index (χ2n) is 15.5. The minimum atomic E-state index is -0.397. The summed E-state index contributed by atoms with van der Waals surface area (Å²) in [5, 5.41) is 15.9. The van der Waals surface area contributed by atoms with Gasteiger partial charge in [0.2, 0.25) is 5.91 Å². The Balaban J connectivity index is 0.820. The maximum absolute atomic E-state index is 13.7. The van der Waals surface area contributed by atoms with E-state index in [9.17, 15) is 24.0 Å². The highest BCUT2D eigenvalue weighted by Gasteiger charge is 2.47. The lowest BCUT2D eigenvalue weighted by Crippen LogP contribution is -2.62. The molecule has 18 nitrogen and oxygen atoms in total. The fraction of sp³-hybridized carbons (Fsp3) is 0.366. The van der Waals surface area contributed by atoms with Crippen LogP contribution in [0.4, 0.5) is 33.5 Å². The molecule has 4 N–H and O–H groups in total. The number of rotatable bonds is 10. The van der Waals surface area contributed by atoms with Gasteiger partial charge < -0.3 is 30.5 Å². The molecule has 7 heterocycles. The average molecular weight is 801 g/mol. The Morgan fingerprint density at radius 3 is 2.41 bits per heavy atom. The van der Waals surface area contributed by atoms with Crippen LogP contribution in [0.3, 0.4) is 0 Å². The first kappa shape index (κ1) is 37.7. The third-order valence-electron chi connectivity index (χ3n) is 12.0. The van der Waals surface area contributed by atoms with Gasteiger partial charge in [-0.3, -0.25) is 34.0 Å². The van der Waals surface area contributed by atoms with Gasteiger partial charge in [-0.05, 0) is 74.2 Å². The molecule has 2 atom stereocenters. The number of imide groups is 1. The molecule has 5 aromatic rings. The fourth-order valence-electron chi connectivity index (χ4n) is 8.39. The molecule has 0 radical (unpaired) electrons. The number of hydrogen-bond donors (Lipinski definition) is 4. The second kappa shape index (κ2) is 15.2. The van der Waals surface area contributed by atoms with Crippen LogP contribution in [0, 0.1) is 5.41 Å². The first-order valence-electron chi connectivity index (χ1n) is 19.7. The number of anilines is 5. The average Bonchev–Trinajstić information content (AvgIpc) is 3.66. The number of amides is 5. The van der Waals surface area contributed by atoms with Gasteiger partial charge in [-0.15, -0.1) is 0 Å². The Bertz CT molecular complexity index is 2500. The Hall–Kier alpha value is -6.82. The largest absolute Gasteiger partial charge is 0.379 e. The van der Waals surface area contributed by atoms with E-state index in [1.54, 1.807) is 55.6 Å². The van der Waals surface area contributed by atoms with Gasteiger partial charge in [0, 0.05) is 88.6 Å². The molecule has 5 amide bonds. The van der Waals surface area contributed by atoms with Crippen LogP contribution in [0.15, 0.2) is 78.0 Å². The number of urea groups is 1. The van der Waals surface area contributed by atoms with Crippen LogP contribution in [0.1, 0.15) is 52.8 Å².